The van der Waals surface area contributed by atoms with E-state index in [1.807, 2.05) is 24.3 Å². The van der Waals surface area contributed by atoms with Gasteiger partial charge in [0.1, 0.15) is 0 Å². The third-order valence-corrected chi connectivity index (χ3v) is 3.99. The second-order valence-electron chi connectivity index (χ2n) is 6.49. The Morgan fingerprint density at radius 3 is 2.41 bits per heavy atom. The topological polar surface area (TPSA) is 42.7 Å². The van der Waals surface area contributed by atoms with E-state index in [0.29, 0.717) is 18.4 Å². The van der Waals surface area contributed by atoms with E-state index in [1.54, 1.807) is 4.90 Å². The van der Waals surface area contributed by atoms with E-state index in [0.717, 1.165) is 43.0 Å². The van der Waals surface area contributed by atoms with E-state index in [1.165, 1.54) is 0 Å². The highest BCUT2D eigenvalue weighted by molar-refractivity contribution is 5.77. The zero-order chi connectivity index (χ0) is 15.5. The Morgan fingerprint density at radius 2 is 1.77 bits per heavy atom. The lowest BCUT2D eigenvalue weighted by molar-refractivity contribution is -0.880. The van der Waals surface area contributed by atoms with Gasteiger partial charge in [-0.2, -0.15) is 0 Å². The molecule has 0 bridgehead atoms. The Hall–Kier alpha value is -1.88. The van der Waals surface area contributed by atoms with Crippen LogP contribution in [0.5, 0.6) is 5.88 Å². The maximum absolute atomic E-state index is 5.96. The zero-order valence-corrected chi connectivity index (χ0v) is 13.7. The molecule has 5 nitrogen and oxygen atoms in total. The molecule has 1 aliphatic rings. The quantitative estimate of drug-likeness (QED) is 0.915. The van der Waals surface area contributed by atoms with E-state index in [9.17, 15) is 0 Å². The molecule has 5 heteroatoms. The van der Waals surface area contributed by atoms with Crippen LogP contribution in [0.4, 0.5) is 5.82 Å². The van der Waals surface area contributed by atoms with Crippen LogP contribution in [0.2, 0.25) is 0 Å². The number of quaternary nitrogens is 1. The SMILES string of the molecule is CC(C)COc1nc2ccccc2nc1N1CC[NH+](C)CC1. The van der Waals surface area contributed by atoms with Gasteiger partial charge in [-0.15, -0.1) is 0 Å². The van der Waals surface area contributed by atoms with Crippen molar-refractivity contribution in [1.82, 2.24) is 9.97 Å². The Morgan fingerprint density at radius 1 is 1.14 bits per heavy atom. The number of para-hydroxylation sites is 2. The number of fused-ring (bicyclic) bond motifs is 1. The van der Waals surface area contributed by atoms with Crippen molar-refractivity contribution in [2.75, 3.05) is 44.7 Å². The van der Waals surface area contributed by atoms with Crippen LogP contribution < -0.4 is 14.5 Å². The molecule has 0 atom stereocenters. The van der Waals surface area contributed by atoms with Gasteiger partial charge >= 0.3 is 0 Å². The summed E-state index contributed by atoms with van der Waals surface area (Å²) in [4.78, 5) is 13.4. The third-order valence-electron chi connectivity index (χ3n) is 3.99. The zero-order valence-electron chi connectivity index (χ0n) is 13.7. The Labute approximate surface area is 131 Å². The van der Waals surface area contributed by atoms with Gasteiger partial charge in [0, 0.05) is 0 Å². The Bertz CT molecular complexity index is 636. The van der Waals surface area contributed by atoms with Crippen molar-refractivity contribution in [3.05, 3.63) is 24.3 Å². The second-order valence-corrected chi connectivity index (χ2v) is 6.49. The maximum Gasteiger partial charge on any atom is 0.258 e. The summed E-state index contributed by atoms with van der Waals surface area (Å²) in [6, 6.07) is 7.99. The number of rotatable bonds is 4. The highest BCUT2D eigenvalue weighted by atomic mass is 16.5. The van der Waals surface area contributed by atoms with Crippen LogP contribution in [0.15, 0.2) is 24.3 Å². The average Bonchev–Trinajstić information content (AvgIpc) is 2.53. The van der Waals surface area contributed by atoms with Gasteiger partial charge in [0.2, 0.25) is 0 Å². The first-order valence-corrected chi connectivity index (χ1v) is 8.09. The molecule has 0 spiro atoms. The van der Waals surface area contributed by atoms with Crippen molar-refractivity contribution in [3.63, 3.8) is 0 Å². The minimum atomic E-state index is 0.470. The van der Waals surface area contributed by atoms with Crippen molar-refractivity contribution in [2.45, 2.75) is 13.8 Å². The Balaban J connectivity index is 1.95. The van der Waals surface area contributed by atoms with E-state index < -0.39 is 0 Å². The molecule has 3 rings (SSSR count). The molecule has 1 aromatic carbocycles. The molecular weight excluding hydrogens is 276 g/mol. The number of hydrogen-bond donors (Lipinski definition) is 1. The Kier molecular flexibility index (Phi) is 4.43. The lowest BCUT2D eigenvalue weighted by Gasteiger charge is -2.31. The van der Waals surface area contributed by atoms with Crippen LogP contribution in [0.3, 0.4) is 0 Å². The third kappa shape index (κ3) is 3.30. The number of ether oxygens (including phenoxy) is 1. The number of aromatic nitrogens is 2. The molecule has 118 valence electrons. The molecule has 0 unspecified atom stereocenters. The van der Waals surface area contributed by atoms with Crippen molar-refractivity contribution < 1.29 is 9.64 Å². The molecule has 2 heterocycles. The van der Waals surface area contributed by atoms with E-state index >= 15 is 0 Å². The summed E-state index contributed by atoms with van der Waals surface area (Å²) in [5.41, 5.74) is 1.82. The second kappa shape index (κ2) is 6.48. The van der Waals surface area contributed by atoms with Gasteiger partial charge in [0.15, 0.2) is 5.82 Å². The molecule has 0 aliphatic carbocycles. The van der Waals surface area contributed by atoms with Gasteiger partial charge in [0.25, 0.3) is 5.88 Å². The molecule has 1 fully saturated rings. The molecule has 0 radical (unpaired) electrons. The first-order chi connectivity index (χ1) is 10.6. The van der Waals surface area contributed by atoms with Crippen molar-refractivity contribution in [3.8, 4) is 5.88 Å². The van der Waals surface area contributed by atoms with Gasteiger partial charge in [-0.05, 0) is 18.1 Å². The normalized spacial score (nSPS) is 16.5. The first kappa shape index (κ1) is 15.0. The summed E-state index contributed by atoms with van der Waals surface area (Å²) in [6.07, 6.45) is 0. The van der Waals surface area contributed by atoms with Gasteiger partial charge in [0.05, 0.1) is 50.9 Å². The molecule has 1 N–H and O–H groups in total. The first-order valence-electron chi connectivity index (χ1n) is 8.09. The van der Waals surface area contributed by atoms with Gasteiger partial charge < -0.3 is 14.5 Å². The molecule has 2 aromatic rings. The molecular formula is C17H25N4O+. The van der Waals surface area contributed by atoms with Crippen molar-refractivity contribution in [2.24, 2.45) is 5.92 Å². The van der Waals surface area contributed by atoms with Crippen LogP contribution in [0.25, 0.3) is 11.0 Å². The predicted molar refractivity (Wildman–Crippen MR) is 88.7 cm³/mol. The summed E-state index contributed by atoms with van der Waals surface area (Å²) >= 11 is 0. The molecule has 0 amide bonds. The van der Waals surface area contributed by atoms with Crippen molar-refractivity contribution >= 4 is 16.9 Å². The highest BCUT2D eigenvalue weighted by Gasteiger charge is 2.23. The van der Waals surface area contributed by atoms with Gasteiger partial charge in [-0.1, -0.05) is 26.0 Å². The lowest BCUT2D eigenvalue weighted by Crippen LogP contribution is -3.12. The minimum Gasteiger partial charge on any atom is -0.475 e. The number of likely N-dealkylation sites (N-methyl/N-ethyl adjacent to an activating group) is 1. The largest absolute Gasteiger partial charge is 0.475 e. The summed E-state index contributed by atoms with van der Waals surface area (Å²) in [7, 11) is 2.24. The minimum absolute atomic E-state index is 0.470. The number of piperazine rings is 1. The van der Waals surface area contributed by atoms with Crippen LogP contribution in [-0.4, -0.2) is 49.8 Å². The van der Waals surface area contributed by atoms with E-state index in [2.05, 4.69) is 25.8 Å². The van der Waals surface area contributed by atoms with Gasteiger partial charge in [-0.25, -0.2) is 9.97 Å². The fourth-order valence-corrected chi connectivity index (χ4v) is 2.62. The molecule has 1 saturated heterocycles. The van der Waals surface area contributed by atoms with Crippen LogP contribution in [0.1, 0.15) is 13.8 Å². The number of hydrogen-bond acceptors (Lipinski definition) is 4. The maximum atomic E-state index is 5.96. The lowest BCUT2D eigenvalue weighted by atomic mass is 10.2. The number of benzene rings is 1. The summed E-state index contributed by atoms with van der Waals surface area (Å²) in [5.74, 6) is 2.04. The standard InChI is InChI=1S/C17H24N4O/c1-13(2)12-22-17-16(21-10-8-20(3)9-11-21)18-14-6-4-5-7-15(14)19-17/h4-7,13H,8-12H2,1-3H3/p+1. The van der Waals surface area contributed by atoms with Crippen LogP contribution >= 0.6 is 0 Å². The number of nitrogens with one attached hydrogen (secondary N) is 1. The summed E-state index contributed by atoms with van der Waals surface area (Å²) in [5, 5.41) is 0. The van der Waals surface area contributed by atoms with E-state index in [-0.39, 0.29) is 0 Å². The number of anilines is 1. The molecule has 1 aliphatic heterocycles. The molecule has 22 heavy (non-hydrogen) atoms. The molecule has 1 aromatic heterocycles. The fraction of sp³-hybridized carbons (Fsp3) is 0.529. The molecule has 0 saturated carbocycles. The fourth-order valence-electron chi connectivity index (χ4n) is 2.62. The highest BCUT2D eigenvalue weighted by Crippen LogP contribution is 2.27. The average molecular weight is 301 g/mol. The summed E-state index contributed by atoms with van der Waals surface area (Å²) < 4.78 is 5.96. The van der Waals surface area contributed by atoms with Crippen molar-refractivity contribution in [1.29, 1.82) is 0 Å². The predicted octanol–water partition coefficient (Wildman–Crippen LogP) is 0.999. The van der Waals surface area contributed by atoms with Gasteiger partial charge in [-0.3, -0.25) is 0 Å². The van der Waals surface area contributed by atoms with Crippen LogP contribution in [0, 0.1) is 5.92 Å². The number of nitrogens with zero attached hydrogens (tertiary/aromatic N) is 3. The smallest absolute Gasteiger partial charge is 0.258 e. The van der Waals surface area contributed by atoms with Crippen LogP contribution in [-0.2, 0) is 0 Å². The monoisotopic (exact) mass is 301 g/mol. The van der Waals surface area contributed by atoms with E-state index in [4.69, 9.17) is 14.7 Å². The summed E-state index contributed by atoms with van der Waals surface area (Å²) in [6.45, 7) is 9.20.